The summed E-state index contributed by atoms with van der Waals surface area (Å²) in [7, 11) is 1.56. The number of thiophene rings is 1. The average Bonchev–Trinajstić information content (AvgIpc) is 2.96. The van der Waals surface area contributed by atoms with Crippen LogP contribution in [-0.4, -0.2) is 27.7 Å². The molecule has 96 valence electrons. The van der Waals surface area contributed by atoms with Gasteiger partial charge in [-0.1, -0.05) is 0 Å². The quantitative estimate of drug-likeness (QED) is 0.779. The van der Waals surface area contributed by atoms with E-state index in [4.69, 9.17) is 4.74 Å². The zero-order valence-corrected chi connectivity index (χ0v) is 11.4. The molecule has 2 rings (SSSR count). The fraction of sp³-hybridized carbons (Fsp3) is 0.417. The van der Waals surface area contributed by atoms with Gasteiger partial charge in [-0.2, -0.15) is 5.10 Å². The van der Waals surface area contributed by atoms with Crippen molar-refractivity contribution >= 4 is 17.1 Å². The van der Waals surface area contributed by atoms with Crippen molar-refractivity contribution in [1.82, 2.24) is 14.8 Å². The number of nitrogens with zero attached hydrogens (tertiary/aromatic N) is 3. The van der Waals surface area contributed by atoms with Gasteiger partial charge in [0, 0.05) is 6.04 Å². The molecule has 2 heterocycles. The Balaban J connectivity index is 2.19. The molecule has 5 nitrogen and oxygen atoms in total. The largest absolute Gasteiger partial charge is 0.495 e. The molecule has 0 atom stereocenters. The Morgan fingerprint density at radius 1 is 1.56 bits per heavy atom. The summed E-state index contributed by atoms with van der Waals surface area (Å²) < 4.78 is 6.91. The number of Topliss-reactive ketones (excluding diaryl/α,β-unsaturated/α-hetero) is 1. The number of rotatable bonds is 5. The first-order valence-electron chi connectivity index (χ1n) is 5.66. The van der Waals surface area contributed by atoms with Gasteiger partial charge in [0.25, 0.3) is 0 Å². The van der Waals surface area contributed by atoms with Gasteiger partial charge < -0.3 is 4.74 Å². The SMILES string of the molecule is COc1ccsc1C(=O)Cc1ncnn1C(C)C. The van der Waals surface area contributed by atoms with Gasteiger partial charge in [0.1, 0.15) is 22.8 Å². The Kier molecular flexibility index (Phi) is 3.76. The summed E-state index contributed by atoms with van der Waals surface area (Å²) >= 11 is 1.39. The summed E-state index contributed by atoms with van der Waals surface area (Å²) in [6, 6.07) is 1.99. The highest BCUT2D eigenvalue weighted by molar-refractivity contribution is 7.12. The number of methoxy groups -OCH3 is 1. The van der Waals surface area contributed by atoms with Crippen molar-refractivity contribution in [1.29, 1.82) is 0 Å². The van der Waals surface area contributed by atoms with E-state index in [-0.39, 0.29) is 18.2 Å². The molecule has 0 N–H and O–H groups in total. The molecule has 6 heteroatoms. The lowest BCUT2D eigenvalue weighted by molar-refractivity contribution is 0.0990. The van der Waals surface area contributed by atoms with Crippen molar-refractivity contribution in [2.75, 3.05) is 7.11 Å². The number of carbonyl (C=O) groups excluding carboxylic acids is 1. The van der Waals surface area contributed by atoms with E-state index in [1.165, 1.54) is 17.7 Å². The maximum absolute atomic E-state index is 12.2. The molecule has 0 saturated heterocycles. The van der Waals surface area contributed by atoms with Crippen LogP contribution in [0.4, 0.5) is 0 Å². The summed E-state index contributed by atoms with van der Waals surface area (Å²) in [5, 5.41) is 5.96. The molecule has 0 radical (unpaired) electrons. The molecule has 0 aliphatic heterocycles. The van der Waals surface area contributed by atoms with Gasteiger partial charge in [0.2, 0.25) is 0 Å². The highest BCUT2D eigenvalue weighted by atomic mass is 32.1. The summed E-state index contributed by atoms with van der Waals surface area (Å²) in [6.45, 7) is 4.02. The molecule has 0 aliphatic rings. The smallest absolute Gasteiger partial charge is 0.184 e. The second-order valence-electron chi connectivity index (χ2n) is 4.13. The summed E-state index contributed by atoms with van der Waals surface area (Å²) in [6.07, 6.45) is 1.73. The highest BCUT2D eigenvalue weighted by Crippen LogP contribution is 2.25. The lowest BCUT2D eigenvalue weighted by atomic mass is 10.2. The van der Waals surface area contributed by atoms with E-state index < -0.39 is 0 Å². The molecule has 0 unspecified atom stereocenters. The van der Waals surface area contributed by atoms with Crippen LogP contribution in [0.15, 0.2) is 17.8 Å². The monoisotopic (exact) mass is 265 g/mol. The Labute approximate surface area is 109 Å². The molecule has 0 fully saturated rings. The minimum Gasteiger partial charge on any atom is -0.495 e. The summed E-state index contributed by atoms with van der Waals surface area (Å²) in [4.78, 5) is 16.9. The number of carbonyl (C=O) groups is 1. The molecule has 2 aromatic rings. The second kappa shape index (κ2) is 5.30. The predicted octanol–water partition coefficient (Wildman–Crippen LogP) is 2.35. The maximum Gasteiger partial charge on any atom is 0.184 e. The third-order valence-corrected chi connectivity index (χ3v) is 3.49. The molecule has 0 amide bonds. The summed E-state index contributed by atoms with van der Waals surface area (Å²) in [5.74, 6) is 1.32. The van der Waals surface area contributed by atoms with Crippen LogP contribution >= 0.6 is 11.3 Å². The number of ether oxygens (including phenoxy) is 1. The van der Waals surface area contributed by atoms with Crippen molar-refractivity contribution in [2.45, 2.75) is 26.3 Å². The topological polar surface area (TPSA) is 57.0 Å². The fourth-order valence-corrected chi connectivity index (χ4v) is 2.52. The first kappa shape index (κ1) is 12.8. The van der Waals surface area contributed by atoms with Crippen LogP contribution in [0.5, 0.6) is 5.75 Å². The van der Waals surface area contributed by atoms with Crippen LogP contribution in [0.1, 0.15) is 35.4 Å². The maximum atomic E-state index is 12.2. The van der Waals surface area contributed by atoms with E-state index in [1.54, 1.807) is 17.9 Å². The van der Waals surface area contributed by atoms with E-state index in [9.17, 15) is 4.79 Å². The van der Waals surface area contributed by atoms with Crippen LogP contribution in [0.3, 0.4) is 0 Å². The Morgan fingerprint density at radius 2 is 2.33 bits per heavy atom. The van der Waals surface area contributed by atoms with E-state index in [2.05, 4.69) is 10.1 Å². The normalized spacial score (nSPS) is 10.9. The third-order valence-electron chi connectivity index (χ3n) is 2.56. The molecule has 0 saturated carbocycles. The number of aromatic nitrogens is 3. The van der Waals surface area contributed by atoms with Gasteiger partial charge in [-0.05, 0) is 25.3 Å². The van der Waals surface area contributed by atoms with Gasteiger partial charge in [-0.15, -0.1) is 11.3 Å². The average molecular weight is 265 g/mol. The molecule has 0 bridgehead atoms. The molecule has 0 aliphatic carbocycles. The van der Waals surface area contributed by atoms with Crippen LogP contribution in [-0.2, 0) is 6.42 Å². The van der Waals surface area contributed by atoms with Crippen molar-refractivity contribution in [3.05, 3.63) is 28.5 Å². The lowest BCUT2D eigenvalue weighted by Gasteiger charge is -2.08. The van der Waals surface area contributed by atoms with E-state index in [0.29, 0.717) is 16.5 Å². The van der Waals surface area contributed by atoms with Crippen molar-refractivity contribution in [3.8, 4) is 5.75 Å². The van der Waals surface area contributed by atoms with Crippen molar-refractivity contribution in [2.24, 2.45) is 0 Å². The second-order valence-corrected chi connectivity index (χ2v) is 5.05. The molecular formula is C12H15N3O2S. The first-order chi connectivity index (χ1) is 8.63. The van der Waals surface area contributed by atoms with Gasteiger partial charge >= 0.3 is 0 Å². The van der Waals surface area contributed by atoms with Crippen LogP contribution in [0.25, 0.3) is 0 Å². The van der Waals surface area contributed by atoms with Crippen molar-refractivity contribution in [3.63, 3.8) is 0 Å². The predicted molar refractivity (Wildman–Crippen MR) is 69.3 cm³/mol. The fourth-order valence-electron chi connectivity index (χ4n) is 1.72. The number of ketones is 1. The van der Waals surface area contributed by atoms with Gasteiger partial charge in [0.05, 0.1) is 13.5 Å². The minimum absolute atomic E-state index is 0.0109. The minimum atomic E-state index is 0.0109. The molecule has 2 aromatic heterocycles. The van der Waals surface area contributed by atoms with Crippen molar-refractivity contribution < 1.29 is 9.53 Å². The first-order valence-corrected chi connectivity index (χ1v) is 6.54. The molecule has 18 heavy (non-hydrogen) atoms. The number of hydrogen-bond donors (Lipinski definition) is 0. The Bertz CT molecular complexity index is 545. The standard InChI is InChI=1S/C12H15N3O2S/c1-8(2)15-11(13-7-14-15)6-9(16)12-10(17-3)4-5-18-12/h4-5,7-8H,6H2,1-3H3. The molecule has 0 spiro atoms. The van der Waals surface area contributed by atoms with Crippen LogP contribution in [0.2, 0.25) is 0 Å². The van der Waals surface area contributed by atoms with E-state index in [1.807, 2.05) is 19.2 Å². The molecular weight excluding hydrogens is 250 g/mol. The highest BCUT2D eigenvalue weighted by Gasteiger charge is 2.18. The summed E-state index contributed by atoms with van der Waals surface area (Å²) in [5.41, 5.74) is 0. The van der Waals surface area contributed by atoms with Gasteiger partial charge in [-0.3, -0.25) is 4.79 Å². The zero-order chi connectivity index (χ0) is 13.1. The van der Waals surface area contributed by atoms with E-state index in [0.717, 1.165) is 0 Å². The number of hydrogen-bond acceptors (Lipinski definition) is 5. The van der Waals surface area contributed by atoms with Gasteiger partial charge in [0.15, 0.2) is 5.78 Å². The van der Waals surface area contributed by atoms with Crippen LogP contribution in [0, 0.1) is 0 Å². The Morgan fingerprint density at radius 3 is 3.00 bits per heavy atom. The Hall–Kier alpha value is -1.69. The third kappa shape index (κ3) is 2.43. The molecule has 0 aromatic carbocycles. The van der Waals surface area contributed by atoms with E-state index >= 15 is 0 Å². The van der Waals surface area contributed by atoms with Gasteiger partial charge in [-0.25, -0.2) is 9.67 Å². The zero-order valence-electron chi connectivity index (χ0n) is 10.6. The van der Waals surface area contributed by atoms with Crippen LogP contribution < -0.4 is 4.74 Å². The lowest BCUT2D eigenvalue weighted by Crippen LogP contribution is -2.13.